The average molecular weight is 375 g/mol. The van der Waals surface area contributed by atoms with Gasteiger partial charge in [-0.3, -0.25) is 14.2 Å². The molecule has 2 rings (SSSR count). The highest BCUT2D eigenvalue weighted by molar-refractivity contribution is 7.99. The smallest absolute Gasteiger partial charge is 0.305 e. The lowest BCUT2D eigenvalue weighted by atomic mass is 10.1. The molecule has 0 N–H and O–H groups in total. The number of benzene rings is 1. The number of amides is 1. The molecule has 0 radical (unpaired) electrons. The predicted molar refractivity (Wildman–Crippen MR) is 103 cm³/mol. The molecule has 7 heteroatoms. The Bertz CT molecular complexity index is 753. The Hall–Kier alpha value is -2.28. The summed E-state index contributed by atoms with van der Waals surface area (Å²) < 4.78 is 6.60. The van der Waals surface area contributed by atoms with Gasteiger partial charge >= 0.3 is 5.97 Å². The van der Waals surface area contributed by atoms with Crippen LogP contribution in [0.5, 0.6) is 0 Å². The first-order chi connectivity index (χ1) is 12.4. The van der Waals surface area contributed by atoms with Crippen LogP contribution in [0, 0.1) is 13.8 Å². The molecule has 0 saturated heterocycles. The average Bonchev–Trinajstić information content (AvgIpc) is 3.07. The second-order valence-electron chi connectivity index (χ2n) is 6.21. The maximum atomic E-state index is 12.3. The number of aromatic nitrogens is 2. The summed E-state index contributed by atoms with van der Waals surface area (Å²) in [6.45, 7) is 4.65. The number of imidazole rings is 1. The lowest BCUT2D eigenvalue weighted by molar-refractivity contribution is -0.141. The van der Waals surface area contributed by atoms with E-state index >= 15 is 0 Å². The van der Waals surface area contributed by atoms with Crippen molar-refractivity contribution in [3.05, 3.63) is 41.7 Å². The summed E-state index contributed by atoms with van der Waals surface area (Å²) in [6, 6.07) is 6.32. The van der Waals surface area contributed by atoms with Crippen LogP contribution in [0.3, 0.4) is 0 Å². The number of hydrogen-bond donors (Lipinski definition) is 0. The number of thioether (sulfide) groups is 1. The maximum absolute atomic E-state index is 12.3. The first kappa shape index (κ1) is 20.0. The molecule has 0 aliphatic heterocycles. The molecule has 0 aliphatic carbocycles. The van der Waals surface area contributed by atoms with Gasteiger partial charge in [0.2, 0.25) is 5.91 Å². The van der Waals surface area contributed by atoms with E-state index in [0.717, 1.165) is 10.8 Å². The third-order valence-electron chi connectivity index (χ3n) is 3.94. The summed E-state index contributed by atoms with van der Waals surface area (Å²) in [4.78, 5) is 29.4. The number of aryl methyl sites for hydroxylation is 2. The van der Waals surface area contributed by atoms with E-state index in [2.05, 4.69) is 41.8 Å². The predicted octanol–water partition coefficient (Wildman–Crippen LogP) is 2.99. The molecule has 6 nitrogen and oxygen atoms in total. The first-order valence-corrected chi connectivity index (χ1v) is 9.45. The van der Waals surface area contributed by atoms with Crippen LogP contribution in [0.2, 0.25) is 0 Å². The molecule has 0 atom stereocenters. The largest absolute Gasteiger partial charge is 0.469 e. The molecule has 140 valence electrons. The van der Waals surface area contributed by atoms with E-state index in [-0.39, 0.29) is 11.9 Å². The van der Waals surface area contributed by atoms with E-state index in [1.165, 1.54) is 30.0 Å². The molecule has 1 aromatic carbocycles. The highest BCUT2D eigenvalue weighted by Crippen LogP contribution is 2.22. The van der Waals surface area contributed by atoms with Crippen molar-refractivity contribution in [1.82, 2.24) is 14.5 Å². The van der Waals surface area contributed by atoms with Gasteiger partial charge in [0.25, 0.3) is 0 Å². The van der Waals surface area contributed by atoms with Gasteiger partial charge in [-0.15, -0.1) is 0 Å². The Balaban J connectivity index is 1.93. The Kier molecular flexibility index (Phi) is 7.26. The van der Waals surface area contributed by atoms with E-state index in [1.807, 2.05) is 10.8 Å². The van der Waals surface area contributed by atoms with Crippen LogP contribution in [0.4, 0.5) is 0 Å². The Morgan fingerprint density at radius 2 is 1.92 bits per heavy atom. The van der Waals surface area contributed by atoms with Crippen LogP contribution in [0.25, 0.3) is 5.69 Å². The van der Waals surface area contributed by atoms with Crippen molar-refractivity contribution in [2.24, 2.45) is 0 Å². The van der Waals surface area contributed by atoms with Gasteiger partial charge in [-0.1, -0.05) is 17.8 Å². The van der Waals surface area contributed by atoms with Gasteiger partial charge in [-0.2, -0.15) is 0 Å². The third kappa shape index (κ3) is 5.62. The van der Waals surface area contributed by atoms with Crippen molar-refractivity contribution in [2.75, 3.05) is 26.5 Å². The van der Waals surface area contributed by atoms with E-state index < -0.39 is 0 Å². The van der Waals surface area contributed by atoms with Crippen molar-refractivity contribution in [3.8, 4) is 5.69 Å². The zero-order chi connectivity index (χ0) is 19.1. The Morgan fingerprint density at radius 1 is 1.23 bits per heavy atom. The van der Waals surface area contributed by atoms with Crippen molar-refractivity contribution in [2.45, 2.75) is 31.8 Å². The molecule has 2 aromatic rings. The van der Waals surface area contributed by atoms with Crippen molar-refractivity contribution in [3.63, 3.8) is 0 Å². The number of methoxy groups -OCH3 is 1. The van der Waals surface area contributed by atoms with Gasteiger partial charge < -0.3 is 9.64 Å². The van der Waals surface area contributed by atoms with Crippen LogP contribution in [-0.4, -0.2) is 52.8 Å². The molecule has 0 bridgehead atoms. The first-order valence-electron chi connectivity index (χ1n) is 8.46. The number of hydrogen-bond acceptors (Lipinski definition) is 5. The zero-order valence-corrected chi connectivity index (χ0v) is 16.5. The summed E-state index contributed by atoms with van der Waals surface area (Å²) >= 11 is 1.41. The van der Waals surface area contributed by atoms with Crippen LogP contribution < -0.4 is 0 Å². The highest BCUT2D eigenvalue weighted by Gasteiger charge is 2.13. The molecule has 1 heterocycles. The Labute approximate surface area is 158 Å². The van der Waals surface area contributed by atoms with Gasteiger partial charge in [-0.05, 0) is 43.5 Å². The van der Waals surface area contributed by atoms with Gasteiger partial charge in [0.15, 0.2) is 5.16 Å². The van der Waals surface area contributed by atoms with Gasteiger partial charge in [0.05, 0.1) is 12.9 Å². The van der Waals surface area contributed by atoms with E-state index in [9.17, 15) is 9.59 Å². The van der Waals surface area contributed by atoms with E-state index in [1.54, 1.807) is 18.1 Å². The second-order valence-corrected chi connectivity index (χ2v) is 7.15. The third-order valence-corrected chi connectivity index (χ3v) is 4.90. The molecule has 0 fully saturated rings. The normalized spacial score (nSPS) is 10.6. The zero-order valence-electron chi connectivity index (χ0n) is 15.7. The summed E-state index contributed by atoms with van der Waals surface area (Å²) in [5, 5.41) is 0.784. The minimum atomic E-state index is -0.254. The standard InChI is InChI=1S/C19H25N3O3S/c1-14-10-15(2)12-16(11-14)22-9-7-20-19(22)26-13-17(23)21(3)8-5-6-18(24)25-4/h7,9-12H,5-6,8,13H2,1-4H3. The molecule has 1 amide bonds. The molecule has 0 aliphatic rings. The summed E-state index contributed by atoms with van der Waals surface area (Å²) in [7, 11) is 3.11. The lowest BCUT2D eigenvalue weighted by Crippen LogP contribution is -2.29. The number of carbonyl (C=O) groups excluding carboxylic acids is 2. The van der Waals surface area contributed by atoms with Crippen LogP contribution in [0.15, 0.2) is 35.7 Å². The van der Waals surface area contributed by atoms with Gasteiger partial charge in [0.1, 0.15) is 0 Å². The fraction of sp³-hybridized carbons (Fsp3) is 0.421. The number of rotatable bonds is 8. The summed E-state index contributed by atoms with van der Waals surface area (Å²) in [6.07, 6.45) is 4.56. The maximum Gasteiger partial charge on any atom is 0.305 e. The summed E-state index contributed by atoms with van der Waals surface area (Å²) in [5.41, 5.74) is 3.42. The van der Waals surface area contributed by atoms with Crippen LogP contribution >= 0.6 is 11.8 Å². The Morgan fingerprint density at radius 3 is 2.58 bits per heavy atom. The van der Waals surface area contributed by atoms with Crippen molar-refractivity contribution < 1.29 is 14.3 Å². The van der Waals surface area contributed by atoms with Crippen LogP contribution in [-0.2, 0) is 14.3 Å². The fourth-order valence-corrected chi connectivity index (χ4v) is 3.52. The highest BCUT2D eigenvalue weighted by atomic mass is 32.2. The second kappa shape index (κ2) is 9.43. The molecular weight excluding hydrogens is 350 g/mol. The van der Waals surface area contributed by atoms with Crippen LogP contribution in [0.1, 0.15) is 24.0 Å². The SMILES string of the molecule is COC(=O)CCCN(C)C(=O)CSc1nccn1-c1cc(C)cc(C)c1. The number of esters is 1. The van der Waals surface area contributed by atoms with Crippen molar-refractivity contribution in [1.29, 1.82) is 0 Å². The minimum Gasteiger partial charge on any atom is -0.469 e. The van der Waals surface area contributed by atoms with Gasteiger partial charge in [-0.25, -0.2) is 4.98 Å². The molecule has 1 aromatic heterocycles. The number of carbonyl (C=O) groups is 2. The molecule has 26 heavy (non-hydrogen) atoms. The monoisotopic (exact) mass is 375 g/mol. The number of nitrogens with zero attached hydrogens (tertiary/aromatic N) is 3. The fourth-order valence-electron chi connectivity index (χ4n) is 2.61. The quantitative estimate of drug-likeness (QED) is 0.524. The minimum absolute atomic E-state index is 0.00911. The van der Waals surface area contributed by atoms with Crippen molar-refractivity contribution >= 4 is 23.6 Å². The van der Waals surface area contributed by atoms with E-state index in [0.29, 0.717) is 25.1 Å². The van der Waals surface area contributed by atoms with E-state index in [4.69, 9.17) is 0 Å². The molecule has 0 unspecified atom stereocenters. The lowest BCUT2D eigenvalue weighted by Gasteiger charge is -2.16. The molecule has 0 spiro atoms. The summed E-state index contributed by atoms with van der Waals surface area (Å²) in [5.74, 6) is 0.0572. The molecular formula is C19H25N3O3S. The topological polar surface area (TPSA) is 64.4 Å². The number of ether oxygens (including phenoxy) is 1. The van der Waals surface area contributed by atoms with Gasteiger partial charge in [0, 0.05) is 38.1 Å². The molecule has 0 saturated carbocycles.